The molecule has 0 saturated heterocycles. The summed E-state index contributed by atoms with van der Waals surface area (Å²) in [6, 6.07) is 5.90. The minimum Gasteiger partial charge on any atom is -0.361 e. The number of halogens is 3. The number of nitrogens with two attached hydrogens (primary N) is 1. The van der Waals surface area contributed by atoms with E-state index in [0.717, 1.165) is 10.9 Å². The van der Waals surface area contributed by atoms with Gasteiger partial charge in [-0.3, -0.25) is 0 Å². The summed E-state index contributed by atoms with van der Waals surface area (Å²) < 4.78 is 36.5. The van der Waals surface area contributed by atoms with Crippen molar-refractivity contribution >= 4 is 10.9 Å². The van der Waals surface area contributed by atoms with Crippen LogP contribution in [-0.4, -0.2) is 11.2 Å². The zero-order valence-corrected chi connectivity index (χ0v) is 8.38. The van der Waals surface area contributed by atoms with Gasteiger partial charge in [-0.05, 0) is 23.1 Å². The number of nitrogens with one attached hydrogen (secondary N) is 1. The lowest BCUT2D eigenvalue weighted by molar-refractivity contribution is -0.138. The van der Waals surface area contributed by atoms with Crippen LogP contribution >= 0.6 is 0 Å². The van der Waals surface area contributed by atoms with E-state index in [1.54, 1.807) is 24.4 Å². The van der Waals surface area contributed by atoms with E-state index >= 15 is 0 Å². The summed E-state index contributed by atoms with van der Waals surface area (Å²) in [5.41, 5.74) is 6.80. The Labute approximate surface area is 90.3 Å². The van der Waals surface area contributed by atoms with Crippen molar-refractivity contribution in [2.75, 3.05) is 0 Å². The van der Waals surface area contributed by atoms with Gasteiger partial charge >= 0.3 is 6.18 Å². The molecule has 16 heavy (non-hydrogen) atoms. The second-order valence-corrected chi connectivity index (χ2v) is 3.75. The molecule has 0 radical (unpaired) electrons. The Balaban J connectivity index is 2.25. The number of aromatic amines is 1. The molecule has 5 heteroatoms. The lowest BCUT2D eigenvalue weighted by atomic mass is 10.0. The molecule has 1 atom stereocenters. The first-order chi connectivity index (χ1) is 7.46. The van der Waals surface area contributed by atoms with Crippen LogP contribution < -0.4 is 5.73 Å². The van der Waals surface area contributed by atoms with E-state index in [1.807, 2.05) is 6.07 Å². The van der Waals surface area contributed by atoms with Crippen LogP contribution in [0, 0.1) is 0 Å². The molecule has 0 fully saturated rings. The first-order valence-electron chi connectivity index (χ1n) is 4.85. The lowest BCUT2D eigenvalue weighted by Crippen LogP contribution is -2.20. The van der Waals surface area contributed by atoms with Gasteiger partial charge < -0.3 is 10.7 Å². The molecule has 0 amide bonds. The van der Waals surface area contributed by atoms with Gasteiger partial charge in [-0.2, -0.15) is 13.2 Å². The molecular formula is C11H11F3N2. The summed E-state index contributed by atoms with van der Waals surface area (Å²) >= 11 is 0. The molecule has 1 aromatic carbocycles. The van der Waals surface area contributed by atoms with Crippen LogP contribution in [-0.2, 0) is 0 Å². The van der Waals surface area contributed by atoms with Crippen LogP contribution in [0.1, 0.15) is 18.0 Å². The molecule has 3 N–H and O–H groups in total. The van der Waals surface area contributed by atoms with Gasteiger partial charge in [0.1, 0.15) is 0 Å². The van der Waals surface area contributed by atoms with Crippen molar-refractivity contribution in [3.05, 3.63) is 36.0 Å². The van der Waals surface area contributed by atoms with E-state index < -0.39 is 18.6 Å². The Bertz CT molecular complexity index is 487. The Morgan fingerprint density at radius 3 is 2.69 bits per heavy atom. The number of rotatable bonds is 2. The number of hydrogen-bond donors (Lipinski definition) is 2. The topological polar surface area (TPSA) is 41.8 Å². The molecule has 0 aliphatic heterocycles. The third-order valence-electron chi connectivity index (χ3n) is 2.46. The molecule has 0 aliphatic rings. The van der Waals surface area contributed by atoms with E-state index in [0.29, 0.717) is 5.56 Å². The van der Waals surface area contributed by atoms with Crippen LogP contribution in [0.2, 0.25) is 0 Å². The Hall–Kier alpha value is -1.49. The predicted octanol–water partition coefficient (Wildman–Crippen LogP) is 3.12. The summed E-state index contributed by atoms with van der Waals surface area (Å²) in [6.07, 6.45) is -3.49. The van der Waals surface area contributed by atoms with Gasteiger partial charge in [-0.15, -0.1) is 0 Å². The molecule has 0 saturated carbocycles. The van der Waals surface area contributed by atoms with Crippen molar-refractivity contribution < 1.29 is 13.2 Å². The second-order valence-electron chi connectivity index (χ2n) is 3.75. The highest BCUT2D eigenvalue weighted by Crippen LogP contribution is 2.29. The molecular weight excluding hydrogens is 217 g/mol. The fourth-order valence-electron chi connectivity index (χ4n) is 1.66. The molecule has 2 rings (SSSR count). The van der Waals surface area contributed by atoms with Crippen LogP contribution in [0.15, 0.2) is 30.5 Å². The quantitative estimate of drug-likeness (QED) is 0.814. The Kier molecular flexibility index (Phi) is 2.63. The van der Waals surface area contributed by atoms with Gasteiger partial charge in [0.2, 0.25) is 0 Å². The fraction of sp³-hybridized carbons (Fsp3) is 0.273. The van der Waals surface area contributed by atoms with E-state index in [9.17, 15) is 13.2 Å². The monoisotopic (exact) mass is 228 g/mol. The smallest absolute Gasteiger partial charge is 0.361 e. The second kappa shape index (κ2) is 3.83. The Morgan fingerprint density at radius 1 is 1.25 bits per heavy atom. The molecule has 0 aliphatic carbocycles. The predicted molar refractivity (Wildman–Crippen MR) is 55.9 cm³/mol. The largest absolute Gasteiger partial charge is 0.390 e. The number of hydrogen-bond acceptors (Lipinski definition) is 1. The summed E-state index contributed by atoms with van der Waals surface area (Å²) in [4.78, 5) is 2.94. The standard InChI is InChI=1S/C11H11F3N2/c12-11(13,14)6-9(15)8-2-1-7-3-4-16-10(7)5-8/h1-5,9,16H,6,15H2/t9-/m0/s1. The number of aromatic nitrogens is 1. The van der Waals surface area contributed by atoms with Crippen LogP contribution in [0.25, 0.3) is 10.9 Å². The first-order valence-corrected chi connectivity index (χ1v) is 4.85. The van der Waals surface area contributed by atoms with Crippen molar-refractivity contribution in [2.45, 2.75) is 18.6 Å². The highest BCUT2D eigenvalue weighted by Gasteiger charge is 2.30. The molecule has 2 aromatic rings. The van der Waals surface area contributed by atoms with Crippen LogP contribution in [0.3, 0.4) is 0 Å². The minimum atomic E-state index is -4.23. The molecule has 2 nitrogen and oxygen atoms in total. The van der Waals surface area contributed by atoms with E-state index in [2.05, 4.69) is 4.98 Å². The van der Waals surface area contributed by atoms with Crippen molar-refractivity contribution in [1.82, 2.24) is 4.98 Å². The molecule has 1 aromatic heterocycles. The first kappa shape index (κ1) is 11.0. The average Bonchev–Trinajstić information content (AvgIpc) is 2.61. The van der Waals surface area contributed by atoms with Gasteiger partial charge in [-0.25, -0.2) is 0 Å². The van der Waals surface area contributed by atoms with Gasteiger partial charge in [0.05, 0.1) is 6.42 Å². The maximum Gasteiger partial charge on any atom is 0.390 e. The zero-order valence-electron chi connectivity index (χ0n) is 8.38. The molecule has 0 bridgehead atoms. The Morgan fingerprint density at radius 2 is 2.00 bits per heavy atom. The van der Waals surface area contributed by atoms with Crippen molar-refractivity contribution in [2.24, 2.45) is 5.73 Å². The average molecular weight is 228 g/mol. The van der Waals surface area contributed by atoms with Gasteiger partial charge in [0, 0.05) is 17.8 Å². The summed E-state index contributed by atoms with van der Waals surface area (Å²) in [7, 11) is 0. The third kappa shape index (κ3) is 2.36. The van der Waals surface area contributed by atoms with E-state index in [1.165, 1.54) is 0 Å². The van der Waals surface area contributed by atoms with Gasteiger partial charge in [0.15, 0.2) is 0 Å². The third-order valence-corrected chi connectivity index (χ3v) is 2.46. The summed E-state index contributed by atoms with van der Waals surface area (Å²) in [5.74, 6) is 0. The van der Waals surface area contributed by atoms with Crippen LogP contribution in [0.5, 0.6) is 0 Å². The van der Waals surface area contributed by atoms with Crippen molar-refractivity contribution in [3.63, 3.8) is 0 Å². The highest BCUT2D eigenvalue weighted by atomic mass is 19.4. The summed E-state index contributed by atoms with van der Waals surface area (Å²) in [6.45, 7) is 0. The van der Waals surface area contributed by atoms with E-state index in [-0.39, 0.29) is 0 Å². The normalized spacial score (nSPS) is 14.2. The highest BCUT2D eigenvalue weighted by molar-refractivity contribution is 5.79. The minimum absolute atomic E-state index is 0.493. The number of alkyl halides is 3. The SMILES string of the molecule is N[C@@H](CC(F)(F)F)c1ccc2cc[nH]c2c1. The number of H-pyrrole nitrogens is 1. The molecule has 0 spiro atoms. The zero-order chi connectivity index (χ0) is 11.8. The van der Waals surface area contributed by atoms with Crippen LogP contribution in [0.4, 0.5) is 13.2 Å². The summed E-state index contributed by atoms with van der Waals surface area (Å²) in [5, 5.41) is 0.961. The molecule has 1 heterocycles. The number of fused-ring (bicyclic) bond motifs is 1. The van der Waals surface area contributed by atoms with E-state index in [4.69, 9.17) is 5.73 Å². The fourth-order valence-corrected chi connectivity index (χ4v) is 1.66. The molecule has 0 unspecified atom stereocenters. The van der Waals surface area contributed by atoms with Gasteiger partial charge in [-0.1, -0.05) is 12.1 Å². The maximum atomic E-state index is 12.2. The number of benzene rings is 1. The maximum absolute atomic E-state index is 12.2. The van der Waals surface area contributed by atoms with Crippen molar-refractivity contribution in [1.29, 1.82) is 0 Å². The van der Waals surface area contributed by atoms with Gasteiger partial charge in [0.25, 0.3) is 0 Å². The van der Waals surface area contributed by atoms with Crippen molar-refractivity contribution in [3.8, 4) is 0 Å². The molecule has 86 valence electrons. The lowest BCUT2D eigenvalue weighted by Gasteiger charge is -2.14.